The van der Waals surface area contributed by atoms with E-state index in [1.165, 1.54) is 38.3 Å². The van der Waals surface area contributed by atoms with Crippen LogP contribution in [-0.2, 0) is 20.6 Å². The van der Waals surface area contributed by atoms with Gasteiger partial charge in [0.15, 0.2) is 22.7 Å². The van der Waals surface area contributed by atoms with Gasteiger partial charge in [0.05, 0.1) is 30.8 Å². The third kappa shape index (κ3) is 5.14. The quantitative estimate of drug-likeness (QED) is 0.242. The minimum Gasteiger partial charge on any atom is -0.493 e. The van der Waals surface area contributed by atoms with Crippen molar-refractivity contribution in [2.75, 3.05) is 7.11 Å². The fourth-order valence-corrected chi connectivity index (χ4v) is 5.16. The number of nitrogens with zero attached hydrogens (tertiary/aromatic N) is 7. The third-order valence-corrected chi connectivity index (χ3v) is 7.61. The van der Waals surface area contributed by atoms with Crippen LogP contribution >= 0.6 is 23.2 Å². The molecule has 0 saturated carbocycles. The monoisotopic (exact) mass is 631 g/mol. The van der Waals surface area contributed by atoms with Crippen molar-refractivity contribution in [3.8, 4) is 17.5 Å². The molecular weight excluding hydrogens is 609 g/mol. The predicted molar refractivity (Wildman–Crippen MR) is 168 cm³/mol. The van der Waals surface area contributed by atoms with Gasteiger partial charge in [-0.3, -0.25) is 23.3 Å². The minimum atomic E-state index is -0.549. The SMILES string of the molecule is COc1cc(/C=N/n2cnc3ccccc3c2=O)ccc1Oc1nc2c(c(=O)n(C)c(=O)n2C)n1Cc1ccc(Cl)cc1Cl. The van der Waals surface area contributed by atoms with Crippen molar-refractivity contribution in [3.05, 3.63) is 119 Å². The van der Waals surface area contributed by atoms with Crippen LogP contribution in [-0.4, -0.2) is 41.7 Å². The van der Waals surface area contributed by atoms with Crippen LogP contribution in [0.5, 0.6) is 17.5 Å². The van der Waals surface area contributed by atoms with E-state index in [-0.39, 0.29) is 35.0 Å². The maximum absolute atomic E-state index is 13.3. The number of ether oxygens (including phenoxy) is 2. The summed E-state index contributed by atoms with van der Waals surface area (Å²) in [5.41, 5.74) is 0.717. The summed E-state index contributed by atoms with van der Waals surface area (Å²) in [6.45, 7) is 0.0941. The minimum absolute atomic E-state index is 0.0258. The van der Waals surface area contributed by atoms with Crippen LogP contribution in [0.25, 0.3) is 22.1 Å². The number of rotatable bonds is 7. The lowest BCUT2D eigenvalue weighted by molar-refractivity contribution is 0.361. The molecular formula is C30H23Cl2N7O5. The van der Waals surface area contributed by atoms with Gasteiger partial charge in [-0.1, -0.05) is 41.4 Å². The molecule has 0 aliphatic carbocycles. The molecule has 6 aromatic rings. The highest BCUT2D eigenvalue weighted by molar-refractivity contribution is 6.35. The lowest BCUT2D eigenvalue weighted by Crippen LogP contribution is -2.37. The summed E-state index contributed by atoms with van der Waals surface area (Å²) in [5, 5.41) is 5.56. The van der Waals surface area contributed by atoms with E-state index in [1.54, 1.807) is 65.2 Å². The highest BCUT2D eigenvalue weighted by Crippen LogP contribution is 2.34. The standard InChI is InChI=1S/C30H23Cl2N7O5/c1-36-26-25(28(41)37(2)30(36)42)38(15-18-9-10-19(31)13-21(18)32)29(35-26)44-23-11-8-17(12-24(23)43-3)14-34-39-16-33-22-7-5-4-6-20(22)27(39)40/h4-14,16H,15H2,1-3H3/b34-14+. The largest absolute Gasteiger partial charge is 0.493 e. The number of imidazole rings is 1. The van der Waals surface area contributed by atoms with Crippen LogP contribution in [0.4, 0.5) is 0 Å². The second-order valence-corrected chi connectivity index (χ2v) is 10.6. The summed E-state index contributed by atoms with van der Waals surface area (Å²) in [6, 6.07) is 17.1. The summed E-state index contributed by atoms with van der Waals surface area (Å²) in [5.74, 6) is 0.595. The molecule has 0 fully saturated rings. The number of halogens is 2. The number of aryl methyl sites for hydroxylation is 1. The molecule has 0 saturated heterocycles. The number of benzene rings is 3. The van der Waals surface area contributed by atoms with E-state index in [4.69, 9.17) is 32.7 Å². The number of aromatic nitrogens is 6. The van der Waals surface area contributed by atoms with Gasteiger partial charge < -0.3 is 9.47 Å². The lowest BCUT2D eigenvalue weighted by Gasteiger charge is -2.13. The predicted octanol–water partition coefficient (Wildman–Crippen LogP) is 4.18. The fraction of sp³-hybridized carbons (Fsp3) is 0.133. The van der Waals surface area contributed by atoms with E-state index in [0.29, 0.717) is 37.8 Å². The Morgan fingerprint density at radius 2 is 1.73 bits per heavy atom. The van der Waals surface area contributed by atoms with Crippen molar-refractivity contribution in [2.24, 2.45) is 19.2 Å². The molecule has 0 bridgehead atoms. The van der Waals surface area contributed by atoms with Gasteiger partial charge in [-0.25, -0.2) is 9.78 Å². The molecule has 6 rings (SSSR count). The van der Waals surface area contributed by atoms with E-state index in [9.17, 15) is 14.4 Å². The Hall–Kier alpha value is -5.20. The summed E-state index contributed by atoms with van der Waals surface area (Å²) in [7, 11) is 4.38. The fourth-order valence-electron chi connectivity index (χ4n) is 4.69. The van der Waals surface area contributed by atoms with Crippen molar-refractivity contribution in [1.82, 2.24) is 28.3 Å². The van der Waals surface area contributed by atoms with Crippen molar-refractivity contribution in [3.63, 3.8) is 0 Å². The Labute approximate surface area is 258 Å². The maximum Gasteiger partial charge on any atom is 0.332 e. The average Bonchev–Trinajstić information content (AvgIpc) is 3.38. The molecule has 0 spiro atoms. The van der Waals surface area contributed by atoms with Gasteiger partial charge in [0.1, 0.15) is 6.33 Å². The highest BCUT2D eigenvalue weighted by atomic mass is 35.5. The van der Waals surface area contributed by atoms with Crippen molar-refractivity contribution < 1.29 is 9.47 Å². The third-order valence-electron chi connectivity index (χ3n) is 7.03. The number of methoxy groups -OCH3 is 1. The van der Waals surface area contributed by atoms with Crippen molar-refractivity contribution in [1.29, 1.82) is 0 Å². The molecule has 0 N–H and O–H groups in total. The molecule has 3 aromatic heterocycles. The van der Waals surface area contributed by atoms with Crippen LogP contribution in [0.15, 0.2) is 86.5 Å². The van der Waals surface area contributed by atoms with Gasteiger partial charge in [0, 0.05) is 24.1 Å². The molecule has 14 heteroatoms. The Kier molecular flexibility index (Phi) is 7.53. The first-order chi connectivity index (χ1) is 21.2. The molecule has 222 valence electrons. The number of hydrogen-bond donors (Lipinski definition) is 0. The Morgan fingerprint density at radius 3 is 2.50 bits per heavy atom. The second-order valence-electron chi connectivity index (χ2n) is 9.76. The van der Waals surface area contributed by atoms with E-state index in [1.807, 2.05) is 0 Å². The Balaban J connectivity index is 1.40. The first-order valence-corrected chi connectivity index (χ1v) is 13.9. The Bertz CT molecular complexity index is 2300. The summed E-state index contributed by atoms with van der Waals surface area (Å²) >= 11 is 12.5. The summed E-state index contributed by atoms with van der Waals surface area (Å²) < 4.78 is 16.7. The second kappa shape index (κ2) is 11.5. The number of para-hydroxylation sites is 1. The van der Waals surface area contributed by atoms with Crippen LogP contribution in [0.3, 0.4) is 0 Å². The van der Waals surface area contributed by atoms with Gasteiger partial charge in [-0.05, 0) is 53.6 Å². The molecule has 3 heterocycles. The van der Waals surface area contributed by atoms with E-state index >= 15 is 0 Å². The van der Waals surface area contributed by atoms with Gasteiger partial charge in [-0.2, -0.15) is 14.8 Å². The zero-order valence-electron chi connectivity index (χ0n) is 23.6. The van der Waals surface area contributed by atoms with Crippen LogP contribution in [0, 0.1) is 0 Å². The molecule has 0 aliphatic heterocycles. The molecule has 0 amide bonds. The molecule has 0 atom stereocenters. The molecule has 44 heavy (non-hydrogen) atoms. The van der Waals surface area contributed by atoms with E-state index < -0.39 is 11.2 Å². The van der Waals surface area contributed by atoms with E-state index in [0.717, 1.165) is 9.24 Å². The van der Waals surface area contributed by atoms with Crippen LogP contribution < -0.4 is 26.3 Å². The highest BCUT2D eigenvalue weighted by Gasteiger charge is 2.22. The number of fused-ring (bicyclic) bond motifs is 2. The van der Waals surface area contributed by atoms with Crippen LogP contribution in [0.1, 0.15) is 11.1 Å². The van der Waals surface area contributed by atoms with Gasteiger partial charge in [0.2, 0.25) is 0 Å². The maximum atomic E-state index is 13.3. The molecule has 0 aliphatic rings. The zero-order chi connectivity index (χ0) is 31.1. The first kappa shape index (κ1) is 28.9. The molecule has 0 radical (unpaired) electrons. The molecule has 3 aromatic carbocycles. The van der Waals surface area contributed by atoms with E-state index in [2.05, 4.69) is 15.1 Å². The number of hydrogen-bond acceptors (Lipinski definition) is 8. The van der Waals surface area contributed by atoms with Crippen molar-refractivity contribution >= 4 is 51.5 Å². The van der Waals surface area contributed by atoms with Gasteiger partial charge >= 0.3 is 11.7 Å². The van der Waals surface area contributed by atoms with Gasteiger partial charge in [0.25, 0.3) is 11.1 Å². The smallest absolute Gasteiger partial charge is 0.332 e. The van der Waals surface area contributed by atoms with Crippen LogP contribution in [0.2, 0.25) is 10.0 Å². The molecule has 0 unspecified atom stereocenters. The zero-order valence-corrected chi connectivity index (χ0v) is 25.1. The lowest BCUT2D eigenvalue weighted by atomic mass is 10.2. The van der Waals surface area contributed by atoms with Crippen molar-refractivity contribution in [2.45, 2.75) is 6.54 Å². The van der Waals surface area contributed by atoms with Gasteiger partial charge in [-0.15, -0.1) is 0 Å². The first-order valence-electron chi connectivity index (χ1n) is 13.1. The normalized spacial score (nSPS) is 11.6. The summed E-state index contributed by atoms with van der Waals surface area (Å²) in [6.07, 6.45) is 2.84. The Morgan fingerprint density at radius 1 is 0.932 bits per heavy atom. The topological polar surface area (TPSA) is 128 Å². The molecule has 12 nitrogen and oxygen atoms in total. The average molecular weight is 632 g/mol. The summed E-state index contributed by atoms with van der Waals surface area (Å²) in [4.78, 5) is 47.5.